The highest BCUT2D eigenvalue weighted by atomic mass is 16.3. The summed E-state index contributed by atoms with van der Waals surface area (Å²) in [5, 5.41) is 12.7. The Hall–Kier alpha value is -2.34. The number of aromatic hydroxyl groups is 1. The van der Waals surface area contributed by atoms with Crippen LogP contribution in [0.1, 0.15) is 17.0 Å². The zero-order valence-electron chi connectivity index (χ0n) is 11.8. The highest BCUT2D eigenvalue weighted by molar-refractivity contribution is 5.82. The number of rotatable bonds is 3. The van der Waals surface area contributed by atoms with Gasteiger partial charge in [0.1, 0.15) is 5.75 Å². The van der Waals surface area contributed by atoms with Crippen molar-refractivity contribution in [3.05, 3.63) is 47.5 Å². The fraction of sp³-hybridized carbons (Fsp3) is 0.333. The van der Waals surface area contributed by atoms with Crippen LogP contribution in [0, 0.1) is 0 Å². The molecule has 0 saturated heterocycles. The van der Waals surface area contributed by atoms with Crippen molar-refractivity contribution in [2.75, 3.05) is 7.05 Å². The van der Waals surface area contributed by atoms with E-state index in [9.17, 15) is 9.90 Å². The number of imidazole rings is 1. The predicted octanol–water partition coefficient (Wildman–Crippen LogP) is 0.788. The van der Waals surface area contributed by atoms with E-state index >= 15 is 0 Å². The second kappa shape index (κ2) is 5.57. The number of carbonyl (C=O) groups is 1. The van der Waals surface area contributed by atoms with Crippen LogP contribution in [0.15, 0.2) is 30.6 Å². The third kappa shape index (κ3) is 2.90. The van der Waals surface area contributed by atoms with Gasteiger partial charge < -0.3 is 15.0 Å². The van der Waals surface area contributed by atoms with Gasteiger partial charge >= 0.3 is 0 Å². The van der Waals surface area contributed by atoms with Crippen LogP contribution in [0.5, 0.6) is 5.75 Å². The molecule has 1 aromatic carbocycles. The number of H-pyrrole nitrogens is 1. The van der Waals surface area contributed by atoms with Gasteiger partial charge in [-0.2, -0.15) is 0 Å². The molecule has 1 amide bonds. The van der Waals surface area contributed by atoms with Gasteiger partial charge in [0.05, 0.1) is 23.8 Å². The first-order chi connectivity index (χ1) is 10.1. The van der Waals surface area contributed by atoms with E-state index in [0.29, 0.717) is 19.5 Å². The standard InChI is InChI=1S/C15H18N4O2/c1-19(8-10-3-2-4-11(20)5-10)15(21)13-6-12-14(7-16-13)18-9-17-12/h2-5,9,13,16,20H,6-8H2,1H3,(H,17,18). The molecule has 6 heteroatoms. The van der Waals surface area contributed by atoms with E-state index in [0.717, 1.165) is 17.0 Å². The third-order valence-corrected chi connectivity index (χ3v) is 3.73. The van der Waals surface area contributed by atoms with Crippen molar-refractivity contribution in [1.29, 1.82) is 0 Å². The number of hydrogen-bond donors (Lipinski definition) is 3. The molecule has 0 fully saturated rings. The van der Waals surface area contributed by atoms with Crippen LogP contribution in [0.3, 0.4) is 0 Å². The lowest BCUT2D eigenvalue weighted by Gasteiger charge is -2.27. The van der Waals surface area contributed by atoms with Gasteiger partial charge in [-0.15, -0.1) is 0 Å². The van der Waals surface area contributed by atoms with Gasteiger partial charge in [0.15, 0.2) is 0 Å². The molecular formula is C15H18N4O2. The Bertz CT molecular complexity index is 653. The monoisotopic (exact) mass is 286 g/mol. The number of amides is 1. The number of hydrogen-bond acceptors (Lipinski definition) is 4. The third-order valence-electron chi connectivity index (χ3n) is 3.73. The summed E-state index contributed by atoms with van der Waals surface area (Å²) in [6.07, 6.45) is 2.26. The molecule has 3 N–H and O–H groups in total. The number of likely N-dealkylation sites (N-methyl/N-ethyl adjacent to an activating group) is 1. The van der Waals surface area contributed by atoms with Gasteiger partial charge in [0.2, 0.25) is 5.91 Å². The van der Waals surface area contributed by atoms with Crippen LogP contribution in [0.4, 0.5) is 0 Å². The summed E-state index contributed by atoms with van der Waals surface area (Å²) in [7, 11) is 1.77. The molecule has 1 unspecified atom stereocenters. The molecule has 1 aliphatic rings. The SMILES string of the molecule is CN(Cc1cccc(O)c1)C(=O)C1Cc2nc[nH]c2CN1. The van der Waals surface area contributed by atoms with Crippen molar-refractivity contribution in [2.45, 2.75) is 25.6 Å². The Balaban J connectivity index is 1.65. The maximum atomic E-state index is 12.5. The predicted molar refractivity (Wildman–Crippen MR) is 77.5 cm³/mol. The number of aromatic amines is 1. The number of fused-ring (bicyclic) bond motifs is 1. The number of benzene rings is 1. The van der Waals surface area contributed by atoms with Crippen molar-refractivity contribution < 1.29 is 9.90 Å². The van der Waals surface area contributed by atoms with Gasteiger partial charge in [-0.3, -0.25) is 10.1 Å². The molecule has 0 radical (unpaired) electrons. The molecule has 0 bridgehead atoms. The number of aromatic nitrogens is 2. The molecule has 1 atom stereocenters. The van der Waals surface area contributed by atoms with E-state index in [2.05, 4.69) is 15.3 Å². The minimum Gasteiger partial charge on any atom is -0.508 e. The van der Waals surface area contributed by atoms with Gasteiger partial charge in [-0.1, -0.05) is 12.1 Å². The van der Waals surface area contributed by atoms with E-state index in [-0.39, 0.29) is 17.7 Å². The van der Waals surface area contributed by atoms with E-state index in [1.807, 2.05) is 6.07 Å². The van der Waals surface area contributed by atoms with Crippen molar-refractivity contribution in [3.63, 3.8) is 0 Å². The summed E-state index contributed by atoms with van der Waals surface area (Å²) in [6.45, 7) is 1.10. The van der Waals surface area contributed by atoms with Crippen LogP contribution >= 0.6 is 0 Å². The Kier molecular flexibility index (Phi) is 3.62. The zero-order valence-corrected chi connectivity index (χ0v) is 11.8. The van der Waals surface area contributed by atoms with Gasteiger partial charge in [-0.05, 0) is 17.7 Å². The maximum Gasteiger partial charge on any atom is 0.240 e. The number of carbonyl (C=O) groups excluding carboxylic acids is 1. The molecular weight excluding hydrogens is 268 g/mol. The molecule has 6 nitrogen and oxygen atoms in total. The summed E-state index contributed by atoms with van der Waals surface area (Å²) in [5.74, 6) is 0.247. The molecule has 0 saturated carbocycles. The second-order valence-electron chi connectivity index (χ2n) is 5.33. The first-order valence-corrected chi connectivity index (χ1v) is 6.91. The summed E-state index contributed by atoms with van der Waals surface area (Å²) in [6, 6.07) is 6.71. The largest absolute Gasteiger partial charge is 0.508 e. The highest BCUT2D eigenvalue weighted by Gasteiger charge is 2.27. The van der Waals surface area contributed by atoms with E-state index < -0.39 is 0 Å². The molecule has 0 aliphatic carbocycles. The Morgan fingerprint density at radius 2 is 2.38 bits per heavy atom. The Morgan fingerprint density at radius 1 is 1.52 bits per heavy atom. The van der Waals surface area contributed by atoms with Crippen molar-refractivity contribution in [2.24, 2.45) is 0 Å². The van der Waals surface area contributed by atoms with Gasteiger partial charge in [-0.25, -0.2) is 4.98 Å². The molecule has 21 heavy (non-hydrogen) atoms. The zero-order chi connectivity index (χ0) is 14.8. The average Bonchev–Trinajstić information content (AvgIpc) is 2.93. The molecule has 2 aromatic rings. The number of nitrogens with one attached hydrogen (secondary N) is 2. The van der Waals surface area contributed by atoms with E-state index in [1.54, 1.807) is 36.5 Å². The van der Waals surface area contributed by atoms with Crippen molar-refractivity contribution in [1.82, 2.24) is 20.2 Å². The molecule has 3 rings (SSSR count). The average molecular weight is 286 g/mol. The molecule has 110 valence electrons. The Morgan fingerprint density at radius 3 is 3.19 bits per heavy atom. The van der Waals surface area contributed by atoms with Crippen LogP contribution in [0.2, 0.25) is 0 Å². The second-order valence-corrected chi connectivity index (χ2v) is 5.33. The van der Waals surface area contributed by atoms with E-state index in [1.165, 1.54) is 0 Å². The lowest BCUT2D eigenvalue weighted by molar-refractivity contribution is -0.132. The molecule has 1 aliphatic heterocycles. The lowest BCUT2D eigenvalue weighted by atomic mass is 10.0. The molecule has 0 spiro atoms. The summed E-state index contributed by atoms with van der Waals surface area (Å²) >= 11 is 0. The van der Waals surface area contributed by atoms with Crippen LogP contribution in [0.25, 0.3) is 0 Å². The summed E-state index contributed by atoms with van der Waals surface area (Å²) in [4.78, 5) is 21.5. The topological polar surface area (TPSA) is 81.2 Å². The lowest BCUT2D eigenvalue weighted by Crippen LogP contribution is -2.48. The normalized spacial score (nSPS) is 17.3. The quantitative estimate of drug-likeness (QED) is 0.779. The highest BCUT2D eigenvalue weighted by Crippen LogP contribution is 2.16. The number of nitrogens with zero attached hydrogens (tertiary/aromatic N) is 2. The van der Waals surface area contributed by atoms with Crippen LogP contribution < -0.4 is 5.32 Å². The maximum absolute atomic E-state index is 12.5. The van der Waals surface area contributed by atoms with E-state index in [4.69, 9.17) is 0 Å². The summed E-state index contributed by atoms with van der Waals surface area (Å²) in [5.41, 5.74) is 2.91. The van der Waals surface area contributed by atoms with Crippen molar-refractivity contribution in [3.8, 4) is 5.75 Å². The fourth-order valence-electron chi connectivity index (χ4n) is 2.62. The Labute approximate surface area is 122 Å². The smallest absolute Gasteiger partial charge is 0.240 e. The summed E-state index contributed by atoms with van der Waals surface area (Å²) < 4.78 is 0. The van der Waals surface area contributed by atoms with Gasteiger partial charge in [0, 0.05) is 26.6 Å². The minimum atomic E-state index is -0.247. The number of phenolic OH excluding ortho intramolecular Hbond substituents is 1. The fourth-order valence-corrected chi connectivity index (χ4v) is 2.62. The van der Waals surface area contributed by atoms with Crippen molar-refractivity contribution >= 4 is 5.91 Å². The number of phenols is 1. The van der Waals surface area contributed by atoms with Crippen LogP contribution in [-0.2, 0) is 24.3 Å². The molecule has 1 aromatic heterocycles. The first-order valence-electron chi connectivity index (χ1n) is 6.91. The molecule has 2 heterocycles. The van der Waals surface area contributed by atoms with Gasteiger partial charge in [0.25, 0.3) is 0 Å². The van der Waals surface area contributed by atoms with Crippen LogP contribution in [-0.4, -0.2) is 39.0 Å². The minimum absolute atomic E-state index is 0.0343. The first kappa shape index (κ1) is 13.6.